The number of nitrogens with one attached hydrogen (secondary N) is 1. The fourth-order valence-corrected chi connectivity index (χ4v) is 4.93. The minimum Gasteiger partial charge on any atom is -0.476 e. The van der Waals surface area contributed by atoms with Gasteiger partial charge < -0.3 is 19.7 Å². The van der Waals surface area contributed by atoms with Crippen LogP contribution in [0.3, 0.4) is 0 Å². The number of rotatable bonds is 6. The molecule has 0 spiro atoms. The van der Waals surface area contributed by atoms with Gasteiger partial charge in [-0.25, -0.2) is 0 Å². The number of morpholine rings is 1. The highest BCUT2D eigenvalue weighted by Crippen LogP contribution is 2.32. The van der Waals surface area contributed by atoms with Gasteiger partial charge in [-0.2, -0.15) is 14.5 Å². The summed E-state index contributed by atoms with van der Waals surface area (Å²) in [7, 11) is 0. The molecular weight excluding hydrogens is 394 g/mol. The number of hydrogen-bond donors (Lipinski definition) is 1. The molecule has 3 fully saturated rings. The molecule has 1 N–H and O–H groups in total. The third-order valence-corrected chi connectivity index (χ3v) is 6.71. The maximum absolute atomic E-state index is 6.11. The molecular formula is C22H35N7O2. The van der Waals surface area contributed by atoms with Crippen LogP contribution in [0.15, 0.2) is 6.07 Å². The minimum atomic E-state index is 0.434. The lowest BCUT2D eigenvalue weighted by Gasteiger charge is -2.33. The quantitative estimate of drug-likeness (QED) is 0.743. The molecule has 0 bridgehead atoms. The monoisotopic (exact) mass is 429 g/mol. The van der Waals surface area contributed by atoms with Gasteiger partial charge in [0.25, 0.3) is 5.78 Å². The number of fused-ring (bicyclic) bond motifs is 1. The predicted octanol–water partition coefficient (Wildman–Crippen LogP) is 1.68. The molecule has 3 aliphatic rings. The average Bonchev–Trinajstić information content (AvgIpc) is 3.24. The smallest absolute Gasteiger partial charge is 0.257 e. The van der Waals surface area contributed by atoms with Crippen molar-refractivity contribution in [1.29, 1.82) is 0 Å². The molecule has 2 aromatic rings. The lowest BCUT2D eigenvalue weighted by atomic mass is 9.89. The van der Waals surface area contributed by atoms with Crippen LogP contribution in [-0.4, -0.2) is 89.6 Å². The van der Waals surface area contributed by atoms with E-state index in [4.69, 9.17) is 24.5 Å². The van der Waals surface area contributed by atoms with Gasteiger partial charge in [0.2, 0.25) is 5.88 Å². The first kappa shape index (κ1) is 20.9. The number of hydrogen-bond acceptors (Lipinski definition) is 8. The van der Waals surface area contributed by atoms with Crippen molar-refractivity contribution in [2.24, 2.45) is 0 Å². The molecule has 1 aliphatic carbocycles. The van der Waals surface area contributed by atoms with E-state index in [1.807, 2.05) is 10.6 Å². The fourth-order valence-electron chi connectivity index (χ4n) is 4.93. The SMILES string of the molecule is CC1CN(c2cc(OCCN3CCOCC3)nc3nc(C4CCCCC4)nn23)CCN1. The van der Waals surface area contributed by atoms with Crippen LogP contribution in [0.4, 0.5) is 5.82 Å². The summed E-state index contributed by atoms with van der Waals surface area (Å²) >= 11 is 0. The second-order valence-electron chi connectivity index (χ2n) is 9.07. The van der Waals surface area contributed by atoms with Gasteiger partial charge in [0.15, 0.2) is 5.82 Å². The Labute approximate surface area is 184 Å². The van der Waals surface area contributed by atoms with E-state index < -0.39 is 0 Å². The summed E-state index contributed by atoms with van der Waals surface area (Å²) in [6.07, 6.45) is 6.23. The summed E-state index contributed by atoms with van der Waals surface area (Å²) in [5.74, 6) is 3.74. The number of anilines is 1. The maximum atomic E-state index is 6.11. The van der Waals surface area contributed by atoms with Gasteiger partial charge >= 0.3 is 0 Å². The maximum Gasteiger partial charge on any atom is 0.257 e. The lowest BCUT2D eigenvalue weighted by molar-refractivity contribution is 0.0320. The van der Waals surface area contributed by atoms with E-state index in [1.165, 1.54) is 32.1 Å². The molecule has 0 radical (unpaired) electrons. The number of nitrogens with zero attached hydrogens (tertiary/aromatic N) is 6. The zero-order valence-corrected chi connectivity index (χ0v) is 18.6. The average molecular weight is 430 g/mol. The van der Waals surface area contributed by atoms with Crippen LogP contribution in [0, 0.1) is 0 Å². The third kappa shape index (κ3) is 4.94. The molecule has 4 heterocycles. The van der Waals surface area contributed by atoms with Crippen LogP contribution >= 0.6 is 0 Å². The van der Waals surface area contributed by atoms with Gasteiger partial charge in [0, 0.05) is 57.3 Å². The molecule has 9 heteroatoms. The number of piperazine rings is 1. The van der Waals surface area contributed by atoms with Gasteiger partial charge in [-0.05, 0) is 19.8 Å². The summed E-state index contributed by atoms with van der Waals surface area (Å²) in [5, 5.41) is 8.46. The van der Waals surface area contributed by atoms with E-state index in [0.717, 1.165) is 64.1 Å². The second kappa shape index (κ2) is 9.67. The van der Waals surface area contributed by atoms with Gasteiger partial charge in [-0.1, -0.05) is 19.3 Å². The Hall–Kier alpha value is -1.97. The van der Waals surface area contributed by atoms with Crippen molar-refractivity contribution in [2.75, 3.05) is 64.0 Å². The van der Waals surface area contributed by atoms with Crippen molar-refractivity contribution < 1.29 is 9.47 Å². The Morgan fingerprint density at radius 3 is 2.77 bits per heavy atom. The molecule has 2 aliphatic heterocycles. The van der Waals surface area contributed by atoms with E-state index in [9.17, 15) is 0 Å². The van der Waals surface area contributed by atoms with Crippen LogP contribution in [-0.2, 0) is 4.74 Å². The Kier molecular flexibility index (Phi) is 6.52. The van der Waals surface area contributed by atoms with Crippen molar-refractivity contribution in [3.05, 3.63) is 11.9 Å². The first-order valence-corrected chi connectivity index (χ1v) is 12.0. The summed E-state index contributed by atoms with van der Waals surface area (Å²) in [5.41, 5.74) is 0. The van der Waals surface area contributed by atoms with Crippen molar-refractivity contribution in [1.82, 2.24) is 29.8 Å². The summed E-state index contributed by atoms with van der Waals surface area (Å²) in [4.78, 5) is 14.3. The third-order valence-electron chi connectivity index (χ3n) is 6.71. The number of aromatic nitrogens is 4. The molecule has 5 rings (SSSR count). The van der Waals surface area contributed by atoms with Crippen molar-refractivity contribution in [2.45, 2.75) is 51.0 Å². The largest absolute Gasteiger partial charge is 0.476 e. The zero-order valence-electron chi connectivity index (χ0n) is 18.6. The molecule has 1 saturated carbocycles. The van der Waals surface area contributed by atoms with Gasteiger partial charge in [0.1, 0.15) is 12.4 Å². The molecule has 170 valence electrons. The van der Waals surface area contributed by atoms with Crippen molar-refractivity contribution in [3.8, 4) is 5.88 Å². The van der Waals surface area contributed by atoms with Crippen LogP contribution in [0.2, 0.25) is 0 Å². The molecule has 2 aromatic heterocycles. The van der Waals surface area contributed by atoms with Crippen LogP contribution in [0.1, 0.15) is 50.8 Å². The zero-order chi connectivity index (χ0) is 21.0. The van der Waals surface area contributed by atoms with Crippen LogP contribution in [0.5, 0.6) is 5.88 Å². The lowest BCUT2D eigenvalue weighted by Crippen LogP contribution is -2.49. The molecule has 1 unspecified atom stereocenters. The normalized spacial score (nSPS) is 24.0. The highest BCUT2D eigenvalue weighted by molar-refractivity contribution is 5.50. The summed E-state index contributed by atoms with van der Waals surface area (Å²) in [6, 6.07) is 2.48. The Balaban J connectivity index is 1.38. The second-order valence-corrected chi connectivity index (χ2v) is 9.07. The van der Waals surface area contributed by atoms with Gasteiger partial charge in [-0.15, -0.1) is 5.10 Å². The van der Waals surface area contributed by atoms with Crippen LogP contribution < -0.4 is 15.0 Å². The molecule has 9 nitrogen and oxygen atoms in total. The van der Waals surface area contributed by atoms with E-state index in [0.29, 0.717) is 30.2 Å². The molecule has 0 amide bonds. The first-order valence-electron chi connectivity index (χ1n) is 12.0. The van der Waals surface area contributed by atoms with Crippen molar-refractivity contribution in [3.63, 3.8) is 0 Å². The van der Waals surface area contributed by atoms with Gasteiger partial charge in [0.05, 0.1) is 13.2 Å². The standard InChI is InChI=1S/C22H35N7O2/c1-17-16-28(8-7-23-17)20-15-19(31-14-11-27-9-12-30-13-10-27)24-22-25-21(26-29(20)22)18-5-3-2-4-6-18/h15,17-18,23H,2-14,16H2,1H3. The summed E-state index contributed by atoms with van der Waals surface area (Å²) < 4.78 is 13.5. The van der Waals surface area contributed by atoms with Gasteiger partial charge in [-0.3, -0.25) is 4.90 Å². The van der Waals surface area contributed by atoms with E-state index >= 15 is 0 Å². The Bertz CT molecular complexity index is 861. The highest BCUT2D eigenvalue weighted by atomic mass is 16.5. The highest BCUT2D eigenvalue weighted by Gasteiger charge is 2.25. The fraction of sp³-hybridized carbons (Fsp3) is 0.773. The summed E-state index contributed by atoms with van der Waals surface area (Å²) in [6.45, 7) is 10.1. The Morgan fingerprint density at radius 2 is 1.97 bits per heavy atom. The number of ether oxygens (including phenoxy) is 2. The minimum absolute atomic E-state index is 0.434. The van der Waals surface area contributed by atoms with Crippen molar-refractivity contribution >= 4 is 11.6 Å². The van der Waals surface area contributed by atoms with E-state index in [2.05, 4.69) is 22.0 Å². The molecule has 0 aromatic carbocycles. The van der Waals surface area contributed by atoms with E-state index in [1.54, 1.807) is 0 Å². The molecule has 1 atom stereocenters. The van der Waals surface area contributed by atoms with E-state index in [-0.39, 0.29) is 0 Å². The van der Waals surface area contributed by atoms with Crippen LogP contribution in [0.25, 0.3) is 5.78 Å². The Morgan fingerprint density at radius 1 is 1.13 bits per heavy atom. The topological polar surface area (TPSA) is 80.0 Å². The molecule has 2 saturated heterocycles. The predicted molar refractivity (Wildman–Crippen MR) is 119 cm³/mol. The first-order chi connectivity index (χ1) is 15.3. The molecule has 31 heavy (non-hydrogen) atoms.